The van der Waals surface area contributed by atoms with Crippen molar-refractivity contribution in [1.82, 2.24) is 8.87 Å². The van der Waals surface area contributed by atoms with Crippen molar-refractivity contribution in [1.29, 1.82) is 0 Å². The van der Waals surface area contributed by atoms with Crippen molar-refractivity contribution >= 4 is 37.5 Å². The van der Waals surface area contributed by atoms with E-state index in [9.17, 15) is 13.2 Å². The predicted molar refractivity (Wildman–Crippen MR) is 143 cm³/mol. The zero-order valence-corrected chi connectivity index (χ0v) is 23.2. The minimum absolute atomic E-state index is 0.141. The molecule has 1 fully saturated rings. The van der Waals surface area contributed by atoms with Crippen molar-refractivity contribution in [3.8, 4) is 5.75 Å². The number of fused-ring (bicyclic) bond motifs is 1. The van der Waals surface area contributed by atoms with Crippen molar-refractivity contribution in [3.05, 3.63) is 52.8 Å². The Labute approximate surface area is 221 Å². The van der Waals surface area contributed by atoms with Crippen LogP contribution in [0, 0.1) is 0 Å². The van der Waals surface area contributed by atoms with E-state index in [4.69, 9.17) is 14.2 Å². The second-order valence-electron chi connectivity index (χ2n) is 8.82. The van der Waals surface area contributed by atoms with Gasteiger partial charge in [-0.1, -0.05) is 11.3 Å². The summed E-state index contributed by atoms with van der Waals surface area (Å²) in [5.41, 5.74) is 1.25. The summed E-state index contributed by atoms with van der Waals surface area (Å²) in [7, 11) is -3.69. The van der Waals surface area contributed by atoms with Crippen molar-refractivity contribution in [2.75, 3.05) is 32.9 Å². The standard InChI is InChI=1S/C26H33N3O6S2/c1-5-33-14-13-29-23-12-9-21(34-6-2)15-24(23)36-26(29)27-25(30)20-7-10-22(11-8-20)37(31,32)28-16-18(3)35-19(4)17-28/h7-12,15,18-19H,5-6,13-14,16-17H2,1-4H3/t18-,19-/m0/s1. The fraction of sp³-hybridized carbons (Fsp3) is 0.462. The normalized spacial score (nSPS) is 19.4. The third-order valence-electron chi connectivity index (χ3n) is 5.95. The maximum atomic E-state index is 13.1. The Kier molecular flexibility index (Phi) is 8.81. The van der Waals surface area contributed by atoms with Crippen LogP contribution >= 0.6 is 11.3 Å². The molecule has 1 amide bonds. The number of hydrogen-bond donors (Lipinski definition) is 0. The molecule has 0 spiro atoms. The minimum atomic E-state index is -3.69. The molecular weight excluding hydrogens is 514 g/mol. The van der Waals surface area contributed by atoms with Gasteiger partial charge in [0.15, 0.2) is 4.80 Å². The average molecular weight is 548 g/mol. The van der Waals surface area contributed by atoms with E-state index < -0.39 is 15.9 Å². The second-order valence-corrected chi connectivity index (χ2v) is 11.8. The van der Waals surface area contributed by atoms with Crippen LogP contribution in [0.25, 0.3) is 10.2 Å². The first-order chi connectivity index (χ1) is 17.7. The Bertz CT molecular complexity index is 1400. The summed E-state index contributed by atoms with van der Waals surface area (Å²) in [6.07, 6.45) is -0.364. The number of amides is 1. The number of carbonyl (C=O) groups is 1. The SMILES string of the molecule is CCOCCn1c(=NC(=O)c2ccc(S(=O)(=O)N3C[C@H](C)O[C@@H](C)C3)cc2)sc2cc(OCC)ccc21. The molecule has 9 nitrogen and oxygen atoms in total. The van der Waals surface area contributed by atoms with Crippen LogP contribution in [0.2, 0.25) is 0 Å². The molecule has 200 valence electrons. The molecule has 11 heteroatoms. The summed E-state index contributed by atoms with van der Waals surface area (Å²) in [5, 5.41) is 0. The van der Waals surface area contributed by atoms with Crippen LogP contribution in [0.4, 0.5) is 0 Å². The first-order valence-electron chi connectivity index (χ1n) is 12.4. The first kappa shape index (κ1) is 27.5. The number of carbonyl (C=O) groups excluding carboxylic acids is 1. The van der Waals surface area contributed by atoms with E-state index in [1.807, 2.05) is 50.5 Å². The van der Waals surface area contributed by atoms with Gasteiger partial charge in [-0.05, 0) is 70.2 Å². The highest BCUT2D eigenvalue weighted by molar-refractivity contribution is 7.89. The van der Waals surface area contributed by atoms with Gasteiger partial charge >= 0.3 is 0 Å². The van der Waals surface area contributed by atoms with Crippen LogP contribution < -0.4 is 9.54 Å². The molecule has 0 N–H and O–H groups in total. The van der Waals surface area contributed by atoms with Crippen LogP contribution in [-0.2, 0) is 26.0 Å². The molecule has 2 aromatic carbocycles. The van der Waals surface area contributed by atoms with Crippen LogP contribution in [0.5, 0.6) is 5.75 Å². The summed E-state index contributed by atoms with van der Waals surface area (Å²) >= 11 is 1.40. The molecule has 1 saturated heterocycles. The van der Waals surface area contributed by atoms with Crippen LogP contribution in [0.15, 0.2) is 52.4 Å². The van der Waals surface area contributed by atoms with Crippen molar-refractivity contribution in [3.63, 3.8) is 0 Å². The van der Waals surface area contributed by atoms with Gasteiger partial charge in [0.25, 0.3) is 5.91 Å². The number of sulfonamides is 1. The second kappa shape index (κ2) is 11.9. The number of rotatable bonds is 9. The lowest BCUT2D eigenvalue weighted by Gasteiger charge is -2.34. The van der Waals surface area contributed by atoms with E-state index >= 15 is 0 Å². The summed E-state index contributed by atoms with van der Waals surface area (Å²) in [5.74, 6) is 0.311. The van der Waals surface area contributed by atoms with Crippen molar-refractivity contribution < 1.29 is 27.4 Å². The third kappa shape index (κ3) is 6.29. The fourth-order valence-corrected chi connectivity index (χ4v) is 6.98. The first-order valence-corrected chi connectivity index (χ1v) is 14.7. The molecule has 1 aliphatic rings. The fourth-order valence-electron chi connectivity index (χ4n) is 4.31. The Morgan fingerprint density at radius 1 is 1.08 bits per heavy atom. The maximum absolute atomic E-state index is 13.1. The van der Waals surface area contributed by atoms with Crippen LogP contribution in [-0.4, -0.2) is 68.3 Å². The van der Waals surface area contributed by atoms with E-state index in [2.05, 4.69) is 4.99 Å². The molecule has 0 unspecified atom stereocenters. The lowest BCUT2D eigenvalue weighted by atomic mass is 10.2. The summed E-state index contributed by atoms with van der Waals surface area (Å²) in [4.78, 5) is 18.2. The van der Waals surface area contributed by atoms with Crippen LogP contribution in [0.1, 0.15) is 38.1 Å². The van der Waals surface area contributed by atoms with Gasteiger partial charge < -0.3 is 18.8 Å². The Balaban J connectivity index is 1.62. The molecule has 37 heavy (non-hydrogen) atoms. The lowest BCUT2D eigenvalue weighted by Crippen LogP contribution is -2.48. The number of nitrogens with zero attached hydrogens (tertiary/aromatic N) is 3. The number of benzene rings is 2. The maximum Gasteiger partial charge on any atom is 0.279 e. The zero-order valence-electron chi connectivity index (χ0n) is 21.5. The molecule has 1 aliphatic heterocycles. The zero-order chi connectivity index (χ0) is 26.6. The topological polar surface area (TPSA) is 99.4 Å². The van der Waals surface area contributed by atoms with E-state index in [1.165, 1.54) is 39.9 Å². The average Bonchev–Trinajstić information content (AvgIpc) is 3.20. The highest BCUT2D eigenvalue weighted by Crippen LogP contribution is 2.24. The Morgan fingerprint density at radius 3 is 2.43 bits per heavy atom. The molecule has 2 atom stereocenters. The third-order valence-corrected chi connectivity index (χ3v) is 8.84. The van der Waals surface area contributed by atoms with Crippen molar-refractivity contribution in [2.24, 2.45) is 4.99 Å². The van der Waals surface area contributed by atoms with Gasteiger partial charge in [0.05, 0.1) is 40.5 Å². The molecule has 0 radical (unpaired) electrons. The van der Waals surface area contributed by atoms with Gasteiger partial charge in [0, 0.05) is 31.8 Å². The van der Waals surface area contributed by atoms with Gasteiger partial charge in [-0.3, -0.25) is 4.79 Å². The highest BCUT2D eigenvalue weighted by atomic mass is 32.2. The number of morpholine rings is 1. The van der Waals surface area contributed by atoms with Gasteiger partial charge in [-0.25, -0.2) is 8.42 Å². The van der Waals surface area contributed by atoms with E-state index in [0.717, 1.165) is 16.0 Å². The molecule has 0 bridgehead atoms. The van der Waals surface area contributed by atoms with E-state index in [0.29, 0.717) is 49.8 Å². The molecular formula is C26H33N3O6S2. The Hall–Kier alpha value is -2.57. The summed E-state index contributed by atoms with van der Waals surface area (Å²) in [6.45, 7) is 10.3. The largest absolute Gasteiger partial charge is 0.494 e. The molecule has 2 heterocycles. The van der Waals surface area contributed by atoms with Gasteiger partial charge in [0.2, 0.25) is 10.0 Å². The molecule has 0 aliphatic carbocycles. The molecule has 4 rings (SSSR count). The molecule has 1 aromatic heterocycles. The quantitative estimate of drug-likeness (QED) is 0.379. The number of ether oxygens (including phenoxy) is 3. The molecule has 0 saturated carbocycles. The van der Waals surface area contributed by atoms with Crippen molar-refractivity contribution in [2.45, 2.75) is 51.3 Å². The van der Waals surface area contributed by atoms with E-state index in [-0.39, 0.29) is 17.1 Å². The Morgan fingerprint density at radius 2 is 1.78 bits per heavy atom. The smallest absolute Gasteiger partial charge is 0.279 e. The van der Waals surface area contributed by atoms with E-state index in [1.54, 1.807) is 0 Å². The summed E-state index contributed by atoms with van der Waals surface area (Å²) < 4.78 is 47.4. The van der Waals surface area contributed by atoms with Gasteiger partial charge in [0.1, 0.15) is 5.75 Å². The van der Waals surface area contributed by atoms with Gasteiger partial charge in [-0.15, -0.1) is 0 Å². The monoisotopic (exact) mass is 547 g/mol. The number of hydrogen-bond acceptors (Lipinski definition) is 7. The number of thiazole rings is 1. The molecule has 3 aromatic rings. The summed E-state index contributed by atoms with van der Waals surface area (Å²) in [6, 6.07) is 11.7. The number of aromatic nitrogens is 1. The van der Waals surface area contributed by atoms with Crippen LogP contribution in [0.3, 0.4) is 0 Å². The lowest BCUT2D eigenvalue weighted by molar-refractivity contribution is -0.0440. The highest BCUT2D eigenvalue weighted by Gasteiger charge is 2.32. The van der Waals surface area contributed by atoms with Gasteiger partial charge in [-0.2, -0.15) is 9.30 Å². The predicted octanol–water partition coefficient (Wildman–Crippen LogP) is 3.68. The minimum Gasteiger partial charge on any atom is -0.494 e.